The molecule has 1 aromatic rings. The van der Waals surface area contributed by atoms with Gasteiger partial charge in [-0.05, 0) is 5.56 Å². The number of urea groups is 1. The zero-order valence-electron chi connectivity index (χ0n) is 10.4. The molecule has 0 saturated carbocycles. The predicted octanol–water partition coefficient (Wildman–Crippen LogP) is -0.374. The van der Waals surface area contributed by atoms with Crippen LogP contribution >= 0.6 is 0 Å². The van der Waals surface area contributed by atoms with E-state index in [1.807, 2.05) is 30.3 Å². The Kier molecular flexibility index (Phi) is 3.18. The van der Waals surface area contributed by atoms with E-state index in [0.717, 1.165) is 18.7 Å². The molecule has 0 aliphatic carbocycles. The zero-order valence-corrected chi connectivity index (χ0v) is 10.4. The van der Waals surface area contributed by atoms with Crippen molar-refractivity contribution in [2.45, 2.75) is 18.8 Å². The SMILES string of the molecule is O=C1NC2NCCNC2C(=O)N1Cc1ccccc1. The normalized spacial score (nSPS) is 26.8. The van der Waals surface area contributed by atoms with Crippen LogP contribution in [0.1, 0.15) is 5.56 Å². The molecular weight excluding hydrogens is 244 g/mol. The average molecular weight is 260 g/mol. The highest BCUT2D eigenvalue weighted by Crippen LogP contribution is 2.13. The molecule has 3 N–H and O–H groups in total. The monoisotopic (exact) mass is 260 g/mol. The van der Waals surface area contributed by atoms with E-state index in [9.17, 15) is 9.59 Å². The van der Waals surface area contributed by atoms with E-state index < -0.39 is 0 Å². The maximum atomic E-state index is 12.3. The lowest BCUT2D eigenvalue weighted by Gasteiger charge is -2.40. The fourth-order valence-electron chi connectivity index (χ4n) is 2.45. The largest absolute Gasteiger partial charge is 0.325 e. The third-order valence-electron chi connectivity index (χ3n) is 3.43. The minimum atomic E-state index is -0.379. The van der Waals surface area contributed by atoms with E-state index >= 15 is 0 Å². The molecule has 2 atom stereocenters. The maximum Gasteiger partial charge on any atom is 0.325 e. The van der Waals surface area contributed by atoms with Gasteiger partial charge in [-0.1, -0.05) is 30.3 Å². The van der Waals surface area contributed by atoms with Gasteiger partial charge in [0.05, 0.1) is 6.54 Å². The molecule has 0 aromatic heterocycles. The Hall–Kier alpha value is -1.92. The second-order valence-electron chi connectivity index (χ2n) is 4.72. The Morgan fingerprint density at radius 2 is 1.84 bits per heavy atom. The van der Waals surface area contributed by atoms with Crippen molar-refractivity contribution in [1.29, 1.82) is 0 Å². The highest BCUT2D eigenvalue weighted by Gasteiger charge is 2.41. The Morgan fingerprint density at radius 1 is 1.11 bits per heavy atom. The van der Waals surface area contributed by atoms with Gasteiger partial charge in [-0.2, -0.15) is 0 Å². The molecule has 2 aliphatic rings. The van der Waals surface area contributed by atoms with E-state index in [1.165, 1.54) is 4.90 Å². The summed E-state index contributed by atoms with van der Waals surface area (Å²) in [5.41, 5.74) is 0.938. The molecule has 2 aliphatic heterocycles. The highest BCUT2D eigenvalue weighted by atomic mass is 16.2. The van der Waals surface area contributed by atoms with Crippen LogP contribution in [0.4, 0.5) is 4.79 Å². The molecule has 2 fully saturated rings. The molecule has 2 saturated heterocycles. The van der Waals surface area contributed by atoms with Crippen LogP contribution in [-0.4, -0.2) is 42.1 Å². The first-order valence-electron chi connectivity index (χ1n) is 6.38. The van der Waals surface area contributed by atoms with Crippen molar-refractivity contribution in [2.75, 3.05) is 13.1 Å². The van der Waals surface area contributed by atoms with Crippen molar-refractivity contribution in [2.24, 2.45) is 0 Å². The van der Waals surface area contributed by atoms with E-state index in [2.05, 4.69) is 16.0 Å². The van der Waals surface area contributed by atoms with Crippen LogP contribution in [0.3, 0.4) is 0 Å². The molecule has 0 bridgehead atoms. The molecule has 0 radical (unpaired) electrons. The molecule has 3 rings (SSSR count). The Labute approximate surface area is 111 Å². The fourth-order valence-corrected chi connectivity index (χ4v) is 2.45. The lowest BCUT2D eigenvalue weighted by atomic mass is 10.1. The van der Waals surface area contributed by atoms with Crippen LogP contribution in [0.5, 0.6) is 0 Å². The Morgan fingerprint density at radius 3 is 2.63 bits per heavy atom. The third kappa shape index (κ3) is 2.32. The number of hydrogen-bond donors (Lipinski definition) is 3. The van der Waals surface area contributed by atoms with Gasteiger partial charge in [0.15, 0.2) is 0 Å². The summed E-state index contributed by atoms with van der Waals surface area (Å²) in [4.78, 5) is 25.6. The van der Waals surface area contributed by atoms with Crippen LogP contribution in [0.25, 0.3) is 0 Å². The molecule has 0 spiro atoms. The minimum Gasteiger partial charge on any atom is -0.320 e. The number of imide groups is 1. The van der Waals surface area contributed by atoms with Crippen molar-refractivity contribution in [3.05, 3.63) is 35.9 Å². The first-order valence-corrected chi connectivity index (χ1v) is 6.38. The van der Waals surface area contributed by atoms with E-state index in [0.29, 0.717) is 6.54 Å². The zero-order chi connectivity index (χ0) is 13.2. The number of rotatable bonds is 2. The van der Waals surface area contributed by atoms with Crippen molar-refractivity contribution < 1.29 is 9.59 Å². The van der Waals surface area contributed by atoms with E-state index in [-0.39, 0.29) is 24.1 Å². The van der Waals surface area contributed by atoms with Gasteiger partial charge in [0.2, 0.25) is 0 Å². The molecule has 2 unspecified atom stereocenters. The van der Waals surface area contributed by atoms with Gasteiger partial charge in [-0.15, -0.1) is 0 Å². The molecule has 3 amide bonds. The van der Waals surface area contributed by atoms with Gasteiger partial charge in [-0.3, -0.25) is 15.0 Å². The topological polar surface area (TPSA) is 73.5 Å². The third-order valence-corrected chi connectivity index (χ3v) is 3.43. The first kappa shape index (κ1) is 12.1. The quantitative estimate of drug-likeness (QED) is 0.678. The second kappa shape index (κ2) is 4.99. The highest BCUT2D eigenvalue weighted by molar-refractivity contribution is 6.00. The number of carbonyl (C=O) groups is 2. The molecule has 19 heavy (non-hydrogen) atoms. The molecule has 6 nitrogen and oxygen atoms in total. The van der Waals surface area contributed by atoms with Crippen molar-refractivity contribution >= 4 is 11.9 Å². The number of amides is 3. The average Bonchev–Trinajstić information content (AvgIpc) is 2.45. The predicted molar refractivity (Wildman–Crippen MR) is 69.1 cm³/mol. The van der Waals surface area contributed by atoms with E-state index in [1.54, 1.807) is 0 Å². The van der Waals surface area contributed by atoms with Gasteiger partial charge < -0.3 is 10.6 Å². The molecule has 6 heteroatoms. The Balaban J connectivity index is 1.77. The van der Waals surface area contributed by atoms with Crippen LogP contribution in [0.15, 0.2) is 30.3 Å². The number of fused-ring (bicyclic) bond motifs is 1. The fraction of sp³-hybridized carbons (Fsp3) is 0.385. The van der Waals surface area contributed by atoms with Gasteiger partial charge >= 0.3 is 6.03 Å². The lowest BCUT2D eigenvalue weighted by Crippen LogP contribution is -2.73. The summed E-state index contributed by atoms with van der Waals surface area (Å²) in [5, 5.41) is 9.07. The summed E-state index contributed by atoms with van der Waals surface area (Å²) < 4.78 is 0. The van der Waals surface area contributed by atoms with Gasteiger partial charge in [-0.25, -0.2) is 4.79 Å². The van der Waals surface area contributed by atoms with Crippen molar-refractivity contribution in [3.8, 4) is 0 Å². The van der Waals surface area contributed by atoms with Crippen LogP contribution in [0.2, 0.25) is 0 Å². The first-order chi connectivity index (χ1) is 9.25. The van der Waals surface area contributed by atoms with Crippen LogP contribution < -0.4 is 16.0 Å². The molecular formula is C13H16N4O2. The summed E-state index contributed by atoms with van der Waals surface area (Å²) in [6.07, 6.45) is -0.305. The van der Waals surface area contributed by atoms with Crippen LogP contribution in [0, 0.1) is 0 Å². The van der Waals surface area contributed by atoms with Gasteiger partial charge in [0, 0.05) is 13.1 Å². The minimum absolute atomic E-state index is 0.176. The summed E-state index contributed by atoms with van der Waals surface area (Å²) in [6.45, 7) is 1.77. The number of nitrogens with one attached hydrogen (secondary N) is 3. The lowest BCUT2D eigenvalue weighted by molar-refractivity contribution is -0.134. The van der Waals surface area contributed by atoms with Gasteiger partial charge in [0.25, 0.3) is 5.91 Å². The van der Waals surface area contributed by atoms with Gasteiger partial charge in [0.1, 0.15) is 12.2 Å². The number of carbonyl (C=O) groups excluding carboxylic acids is 2. The summed E-state index contributed by atoms with van der Waals surface area (Å²) in [7, 11) is 0. The maximum absolute atomic E-state index is 12.3. The van der Waals surface area contributed by atoms with Crippen molar-refractivity contribution in [1.82, 2.24) is 20.9 Å². The molecule has 1 aromatic carbocycles. The standard InChI is InChI=1S/C13H16N4O2/c18-12-10-11(15-7-6-14-10)16-13(19)17(12)8-9-4-2-1-3-5-9/h1-5,10-11,14-15H,6-8H2,(H,16,19). The van der Waals surface area contributed by atoms with Crippen LogP contribution in [-0.2, 0) is 11.3 Å². The number of benzene rings is 1. The summed E-state index contributed by atoms with van der Waals surface area (Å²) in [6, 6.07) is 8.78. The number of hydrogen-bond acceptors (Lipinski definition) is 4. The molecule has 100 valence electrons. The van der Waals surface area contributed by atoms with Crippen molar-refractivity contribution in [3.63, 3.8) is 0 Å². The molecule has 2 heterocycles. The smallest absolute Gasteiger partial charge is 0.320 e. The van der Waals surface area contributed by atoms with E-state index in [4.69, 9.17) is 0 Å². The number of nitrogens with zero attached hydrogens (tertiary/aromatic N) is 1. The Bertz CT molecular complexity index is 491. The summed E-state index contributed by atoms with van der Waals surface area (Å²) in [5.74, 6) is -0.176. The number of piperazine rings is 1. The second-order valence-corrected chi connectivity index (χ2v) is 4.72. The summed E-state index contributed by atoms with van der Waals surface area (Å²) >= 11 is 0.